The summed E-state index contributed by atoms with van der Waals surface area (Å²) in [6.07, 6.45) is 1.66. The molecule has 0 bridgehead atoms. The molecular weight excluding hydrogens is 637 g/mol. The van der Waals surface area contributed by atoms with E-state index in [4.69, 9.17) is 26.8 Å². The van der Waals surface area contributed by atoms with E-state index in [0.29, 0.717) is 63.6 Å². The molecule has 0 radical (unpaired) electrons. The number of halogens is 2. The Kier molecular flexibility index (Phi) is 11.1. The Morgan fingerprint density at radius 2 is 1.85 bits per heavy atom. The molecule has 0 spiro atoms. The summed E-state index contributed by atoms with van der Waals surface area (Å²) in [7, 11) is 0. The molecule has 2 heterocycles. The second-order valence-corrected chi connectivity index (χ2v) is 12.2. The lowest BCUT2D eigenvalue weighted by Crippen LogP contribution is -2.38. The Balaban J connectivity index is 1.25. The minimum absolute atomic E-state index is 0.00485. The molecule has 2 aliphatic rings. The highest BCUT2D eigenvalue weighted by Gasteiger charge is 2.32. The Morgan fingerprint density at radius 1 is 1.04 bits per heavy atom. The van der Waals surface area contributed by atoms with Crippen molar-refractivity contribution in [2.45, 2.75) is 13.0 Å². The van der Waals surface area contributed by atoms with E-state index in [-0.39, 0.29) is 36.9 Å². The lowest BCUT2D eigenvalue weighted by molar-refractivity contribution is -0.123. The van der Waals surface area contributed by atoms with Gasteiger partial charge in [-0.3, -0.25) is 19.4 Å². The molecule has 2 amide bonds. The quantitative estimate of drug-likeness (QED) is 0.205. The average Bonchev–Trinajstić information content (AvgIpc) is 3.32. The number of morpholine rings is 1. The van der Waals surface area contributed by atoms with Crippen LogP contribution in [0, 0.1) is 11.6 Å². The second kappa shape index (κ2) is 15.4. The number of aromatic carboxylic acids is 1. The van der Waals surface area contributed by atoms with E-state index in [9.17, 15) is 23.2 Å². The van der Waals surface area contributed by atoms with Gasteiger partial charge in [0.05, 0.1) is 23.7 Å². The van der Waals surface area contributed by atoms with E-state index >= 15 is 0 Å². The van der Waals surface area contributed by atoms with Gasteiger partial charge in [0.1, 0.15) is 16.7 Å². The fourth-order valence-corrected chi connectivity index (χ4v) is 6.23. The van der Waals surface area contributed by atoms with Crippen molar-refractivity contribution in [3.05, 3.63) is 93.9 Å². The van der Waals surface area contributed by atoms with Crippen LogP contribution in [-0.2, 0) is 20.9 Å². The zero-order valence-electron chi connectivity index (χ0n) is 24.7. The molecule has 46 heavy (non-hydrogen) atoms. The molecule has 2 N–H and O–H groups in total. The van der Waals surface area contributed by atoms with Gasteiger partial charge in [0.2, 0.25) is 5.91 Å². The Labute approximate surface area is 274 Å². The second-order valence-electron chi connectivity index (χ2n) is 10.6. The number of rotatable bonds is 12. The molecule has 2 fully saturated rings. The maximum atomic E-state index is 14.2. The van der Waals surface area contributed by atoms with Gasteiger partial charge in [-0.15, -0.1) is 0 Å². The number of nitrogens with zero attached hydrogens (tertiary/aromatic N) is 2. The highest BCUT2D eigenvalue weighted by atomic mass is 32.2. The number of carbonyl (C=O) groups is 3. The third-order valence-corrected chi connectivity index (χ3v) is 8.78. The van der Waals surface area contributed by atoms with Crippen molar-refractivity contribution in [2.75, 3.05) is 46.0 Å². The van der Waals surface area contributed by atoms with Crippen molar-refractivity contribution in [1.82, 2.24) is 15.1 Å². The minimum Gasteiger partial charge on any atom is -0.492 e. The number of hydrogen-bond donors (Lipinski definition) is 2. The lowest BCUT2D eigenvalue weighted by Gasteiger charge is -2.26. The van der Waals surface area contributed by atoms with Crippen LogP contribution < -0.4 is 10.1 Å². The maximum absolute atomic E-state index is 14.2. The smallest absolute Gasteiger partial charge is 0.335 e. The van der Waals surface area contributed by atoms with Gasteiger partial charge in [-0.25, -0.2) is 13.6 Å². The van der Waals surface area contributed by atoms with Crippen molar-refractivity contribution < 1.29 is 37.7 Å². The van der Waals surface area contributed by atoms with E-state index in [2.05, 4.69) is 10.2 Å². The van der Waals surface area contributed by atoms with Crippen molar-refractivity contribution in [3.63, 3.8) is 0 Å². The maximum Gasteiger partial charge on any atom is 0.335 e. The third kappa shape index (κ3) is 8.55. The summed E-state index contributed by atoms with van der Waals surface area (Å²) in [6.45, 7) is 4.23. The van der Waals surface area contributed by atoms with Crippen molar-refractivity contribution in [3.8, 4) is 16.9 Å². The molecule has 5 rings (SSSR count). The van der Waals surface area contributed by atoms with Crippen LogP contribution in [0.3, 0.4) is 0 Å². The number of thiocarbonyl (C=S) groups is 1. The Morgan fingerprint density at radius 3 is 2.61 bits per heavy atom. The minimum atomic E-state index is -1.06. The number of carboxylic acid groups (broad SMARTS) is 1. The number of carboxylic acids is 1. The van der Waals surface area contributed by atoms with Crippen molar-refractivity contribution >= 4 is 52.2 Å². The Bertz CT molecular complexity index is 1680. The fourth-order valence-electron chi connectivity index (χ4n) is 4.92. The topological polar surface area (TPSA) is 108 Å². The molecule has 3 aromatic rings. The van der Waals surface area contributed by atoms with Gasteiger partial charge in [-0.1, -0.05) is 48.2 Å². The predicted molar refractivity (Wildman–Crippen MR) is 174 cm³/mol. The molecule has 2 aliphatic heterocycles. The van der Waals surface area contributed by atoms with Gasteiger partial charge in [0, 0.05) is 44.7 Å². The summed E-state index contributed by atoms with van der Waals surface area (Å²) < 4.78 is 39.7. The van der Waals surface area contributed by atoms with Crippen LogP contribution in [0.5, 0.6) is 5.75 Å². The van der Waals surface area contributed by atoms with Gasteiger partial charge < -0.3 is 19.9 Å². The van der Waals surface area contributed by atoms with Crippen LogP contribution in [0.2, 0.25) is 0 Å². The van der Waals surface area contributed by atoms with Gasteiger partial charge in [0.25, 0.3) is 5.91 Å². The molecule has 240 valence electrons. The molecule has 9 nitrogen and oxygen atoms in total. The number of benzene rings is 3. The number of thioether (sulfide) groups is 1. The van der Waals surface area contributed by atoms with Gasteiger partial charge in [0.15, 0.2) is 11.6 Å². The van der Waals surface area contributed by atoms with Crippen LogP contribution in [0.15, 0.2) is 65.6 Å². The zero-order valence-corrected chi connectivity index (χ0v) is 26.3. The first kappa shape index (κ1) is 33.2. The highest BCUT2D eigenvalue weighted by molar-refractivity contribution is 8.26. The number of ether oxygens (including phenoxy) is 2. The lowest BCUT2D eigenvalue weighted by atomic mass is 10.0. The molecule has 3 aromatic carbocycles. The van der Waals surface area contributed by atoms with Crippen LogP contribution >= 0.6 is 24.0 Å². The summed E-state index contributed by atoms with van der Waals surface area (Å²) in [6, 6.07) is 15.2. The van der Waals surface area contributed by atoms with E-state index in [1.165, 1.54) is 23.1 Å². The molecule has 0 aliphatic carbocycles. The first-order valence-electron chi connectivity index (χ1n) is 14.5. The SMILES string of the molecule is O=C(CCN1C(=O)C(=Cc2ccc(OCCN3CCOCC3)c(-c3ccc(F)c(F)c3)c2)SC1=S)NCc1cccc(C(=O)O)c1. The molecule has 0 aromatic heterocycles. The predicted octanol–water partition coefficient (Wildman–Crippen LogP) is 4.95. The van der Waals surface area contributed by atoms with E-state index < -0.39 is 17.6 Å². The Hall–Kier alpha value is -4.17. The molecular formula is C33H31F2N3O6S2. The molecule has 0 saturated carbocycles. The largest absolute Gasteiger partial charge is 0.492 e. The summed E-state index contributed by atoms with van der Waals surface area (Å²) >= 11 is 6.53. The first-order valence-corrected chi connectivity index (χ1v) is 15.8. The molecule has 0 atom stereocenters. The summed E-state index contributed by atoms with van der Waals surface area (Å²) in [5, 5.41) is 11.9. The van der Waals surface area contributed by atoms with Gasteiger partial charge in [-0.2, -0.15) is 0 Å². The molecule has 0 unspecified atom stereocenters. The normalized spacial score (nSPS) is 16.2. The van der Waals surface area contributed by atoms with E-state index in [0.717, 1.165) is 37.0 Å². The summed E-state index contributed by atoms with van der Waals surface area (Å²) in [5.74, 6) is -3.18. The number of amides is 2. The van der Waals surface area contributed by atoms with Crippen LogP contribution in [0.4, 0.5) is 8.78 Å². The number of nitrogens with one attached hydrogen (secondary N) is 1. The average molecular weight is 668 g/mol. The van der Waals surface area contributed by atoms with Crippen LogP contribution in [0.1, 0.15) is 27.9 Å². The van der Waals surface area contributed by atoms with Gasteiger partial charge in [-0.05, 0) is 59.2 Å². The van der Waals surface area contributed by atoms with E-state index in [1.54, 1.807) is 36.4 Å². The van der Waals surface area contributed by atoms with Crippen molar-refractivity contribution in [2.24, 2.45) is 0 Å². The first-order chi connectivity index (χ1) is 22.2. The summed E-state index contributed by atoms with van der Waals surface area (Å²) in [5.41, 5.74) is 2.35. The zero-order chi connectivity index (χ0) is 32.6. The monoisotopic (exact) mass is 667 g/mol. The highest BCUT2D eigenvalue weighted by Crippen LogP contribution is 2.36. The van der Waals surface area contributed by atoms with Crippen LogP contribution in [-0.4, -0.2) is 83.0 Å². The molecule has 13 heteroatoms. The van der Waals surface area contributed by atoms with Crippen LogP contribution in [0.25, 0.3) is 17.2 Å². The molecule has 2 saturated heterocycles. The standard InChI is InChI=1S/C33H31F2N3O6S2/c34-26-6-5-23(19-27(26)35)25-17-21(4-7-28(25)44-15-12-37-10-13-43-14-11-37)18-29-31(40)38(33(45)46-29)9-8-30(39)36-20-22-2-1-3-24(16-22)32(41)42/h1-7,16-19H,8-15,20H2,(H,36,39)(H,41,42). The van der Waals surface area contributed by atoms with Gasteiger partial charge >= 0.3 is 5.97 Å². The number of hydrogen-bond acceptors (Lipinski definition) is 8. The third-order valence-electron chi connectivity index (χ3n) is 7.40. The fraction of sp³-hybridized carbons (Fsp3) is 0.273. The van der Waals surface area contributed by atoms with E-state index in [1.807, 2.05) is 0 Å². The summed E-state index contributed by atoms with van der Waals surface area (Å²) in [4.78, 5) is 40.8. The van der Waals surface area contributed by atoms with Crippen molar-refractivity contribution in [1.29, 1.82) is 0 Å². The number of carbonyl (C=O) groups excluding carboxylic acids is 2.